The van der Waals surface area contributed by atoms with Crippen LogP contribution >= 0.6 is 0 Å². The highest BCUT2D eigenvalue weighted by molar-refractivity contribution is 6.28. The van der Waals surface area contributed by atoms with E-state index in [1.54, 1.807) is 17.3 Å². The Bertz CT molecular complexity index is 172. The predicted molar refractivity (Wildman–Crippen MR) is 35.3 cm³/mol. The van der Waals surface area contributed by atoms with Gasteiger partial charge in [-0.25, -0.2) is 0 Å². The number of hydrogen-bond acceptors (Lipinski definition) is 3. The number of likely N-dealkylation sites (N-methyl/N-ethyl adjacent to an activating group) is 1. The summed E-state index contributed by atoms with van der Waals surface area (Å²) < 4.78 is 0. The average molecular weight is 124 g/mol. The van der Waals surface area contributed by atoms with E-state index in [-0.39, 0.29) is 5.78 Å². The molecule has 0 aromatic rings. The van der Waals surface area contributed by atoms with Crippen molar-refractivity contribution in [2.75, 3.05) is 13.6 Å². The summed E-state index contributed by atoms with van der Waals surface area (Å²) in [7, 11) is 1.84. The van der Waals surface area contributed by atoms with E-state index in [2.05, 4.69) is 4.99 Å². The van der Waals surface area contributed by atoms with Gasteiger partial charge in [-0.1, -0.05) is 0 Å². The van der Waals surface area contributed by atoms with Crippen LogP contribution in [0.4, 0.5) is 0 Å². The third kappa shape index (κ3) is 1.68. The SMILES string of the molecule is CN1C=CN=CC(=O)C1. The molecule has 0 saturated carbocycles. The van der Waals surface area contributed by atoms with E-state index < -0.39 is 0 Å². The maximum absolute atomic E-state index is 10.7. The quantitative estimate of drug-likeness (QED) is 0.457. The van der Waals surface area contributed by atoms with Gasteiger partial charge < -0.3 is 4.90 Å². The number of rotatable bonds is 0. The lowest BCUT2D eigenvalue weighted by Crippen LogP contribution is -2.19. The van der Waals surface area contributed by atoms with Crippen molar-refractivity contribution in [1.29, 1.82) is 0 Å². The largest absolute Gasteiger partial charge is 0.371 e. The molecule has 0 aliphatic carbocycles. The molecule has 0 radical (unpaired) electrons. The summed E-state index contributed by atoms with van der Waals surface area (Å²) in [5.74, 6) is 0.0440. The van der Waals surface area contributed by atoms with E-state index in [1.165, 1.54) is 6.21 Å². The fourth-order valence-electron chi connectivity index (χ4n) is 0.618. The first-order valence-corrected chi connectivity index (χ1v) is 2.72. The van der Waals surface area contributed by atoms with E-state index in [0.717, 1.165) is 0 Å². The van der Waals surface area contributed by atoms with E-state index >= 15 is 0 Å². The second-order valence-corrected chi connectivity index (χ2v) is 1.96. The molecular formula is C6H8N2O. The molecule has 0 spiro atoms. The van der Waals surface area contributed by atoms with Crippen LogP contribution in [-0.4, -0.2) is 30.5 Å². The van der Waals surface area contributed by atoms with Crippen LogP contribution in [0.5, 0.6) is 0 Å². The Labute approximate surface area is 53.7 Å². The maximum Gasteiger partial charge on any atom is 0.192 e. The second-order valence-electron chi connectivity index (χ2n) is 1.96. The number of carbonyl (C=O) groups excluding carboxylic acids is 1. The summed E-state index contributed by atoms with van der Waals surface area (Å²) >= 11 is 0. The van der Waals surface area contributed by atoms with Gasteiger partial charge in [0.15, 0.2) is 5.78 Å². The van der Waals surface area contributed by atoms with Crippen LogP contribution < -0.4 is 0 Å². The van der Waals surface area contributed by atoms with E-state index in [0.29, 0.717) is 6.54 Å². The Morgan fingerprint density at radius 1 is 1.78 bits per heavy atom. The average Bonchev–Trinajstić information content (AvgIpc) is 1.93. The highest BCUT2D eigenvalue weighted by atomic mass is 16.1. The summed E-state index contributed by atoms with van der Waals surface area (Å²) in [5, 5.41) is 0. The third-order valence-corrected chi connectivity index (χ3v) is 1.03. The molecule has 1 rings (SSSR count). The van der Waals surface area contributed by atoms with Crippen molar-refractivity contribution in [3.05, 3.63) is 12.4 Å². The van der Waals surface area contributed by atoms with Crippen molar-refractivity contribution in [1.82, 2.24) is 4.90 Å². The van der Waals surface area contributed by atoms with Crippen molar-refractivity contribution in [3.8, 4) is 0 Å². The number of hydrogen-bond donors (Lipinski definition) is 0. The van der Waals surface area contributed by atoms with Crippen LogP contribution in [-0.2, 0) is 4.79 Å². The van der Waals surface area contributed by atoms with Crippen molar-refractivity contribution < 1.29 is 4.79 Å². The highest BCUT2D eigenvalue weighted by Crippen LogP contribution is 1.89. The van der Waals surface area contributed by atoms with Crippen molar-refractivity contribution in [2.24, 2.45) is 4.99 Å². The molecule has 9 heavy (non-hydrogen) atoms. The van der Waals surface area contributed by atoms with Crippen LogP contribution in [0.1, 0.15) is 0 Å². The molecule has 3 nitrogen and oxygen atoms in total. The lowest BCUT2D eigenvalue weighted by Gasteiger charge is -2.07. The molecule has 3 heteroatoms. The minimum absolute atomic E-state index is 0.0440. The molecule has 48 valence electrons. The number of aliphatic imine (C=N–C) groups is 1. The van der Waals surface area contributed by atoms with Crippen molar-refractivity contribution in [2.45, 2.75) is 0 Å². The van der Waals surface area contributed by atoms with Gasteiger partial charge in [-0.3, -0.25) is 9.79 Å². The van der Waals surface area contributed by atoms with Gasteiger partial charge in [0.2, 0.25) is 0 Å². The normalized spacial score (nSPS) is 18.3. The number of carbonyl (C=O) groups is 1. The fourth-order valence-corrected chi connectivity index (χ4v) is 0.618. The third-order valence-electron chi connectivity index (χ3n) is 1.03. The zero-order valence-electron chi connectivity index (χ0n) is 5.24. The summed E-state index contributed by atoms with van der Waals surface area (Å²) in [6.45, 7) is 0.431. The maximum atomic E-state index is 10.7. The molecule has 0 bridgehead atoms. The molecule has 1 aliphatic heterocycles. The van der Waals surface area contributed by atoms with Crippen LogP contribution in [0, 0.1) is 0 Å². The minimum Gasteiger partial charge on any atom is -0.371 e. The van der Waals surface area contributed by atoms with Gasteiger partial charge in [-0.2, -0.15) is 0 Å². The van der Waals surface area contributed by atoms with Crippen molar-refractivity contribution >= 4 is 12.0 Å². The predicted octanol–water partition coefficient (Wildman–Crippen LogP) is 0.0429. The zero-order valence-corrected chi connectivity index (χ0v) is 5.24. The monoisotopic (exact) mass is 124 g/mol. The number of Topliss-reactive ketones (excluding diaryl/α,β-unsaturated/α-hetero) is 1. The first kappa shape index (κ1) is 6.01. The zero-order chi connectivity index (χ0) is 6.69. The van der Waals surface area contributed by atoms with Gasteiger partial charge in [-0.15, -0.1) is 0 Å². The minimum atomic E-state index is 0.0440. The molecule has 0 unspecified atom stereocenters. The van der Waals surface area contributed by atoms with Gasteiger partial charge in [0.25, 0.3) is 0 Å². The van der Waals surface area contributed by atoms with Gasteiger partial charge in [-0.05, 0) is 0 Å². The first-order chi connectivity index (χ1) is 4.29. The lowest BCUT2D eigenvalue weighted by molar-refractivity contribution is -0.112. The standard InChI is InChI=1S/C6H8N2O/c1-8-3-2-7-4-6(9)5-8/h2-4H,5H2,1H3. The summed E-state index contributed by atoms with van der Waals surface area (Å²) in [6.07, 6.45) is 4.70. The highest BCUT2D eigenvalue weighted by Gasteiger charge is 2.00. The molecule has 0 saturated heterocycles. The van der Waals surface area contributed by atoms with Gasteiger partial charge in [0.05, 0.1) is 12.8 Å². The topological polar surface area (TPSA) is 32.7 Å². The summed E-state index contributed by atoms with van der Waals surface area (Å²) in [6, 6.07) is 0. The Hall–Kier alpha value is -1.12. The van der Waals surface area contributed by atoms with E-state index in [9.17, 15) is 4.79 Å². The van der Waals surface area contributed by atoms with E-state index in [4.69, 9.17) is 0 Å². The molecule has 0 aromatic carbocycles. The lowest BCUT2D eigenvalue weighted by atomic mass is 10.4. The number of nitrogens with zero attached hydrogens (tertiary/aromatic N) is 2. The Kier molecular flexibility index (Phi) is 1.63. The molecular weight excluding hydrogens is 116 g/mol. The molecule has 1 heterocycles. The van der Waals surface area contributed by atoms with Crippen molar-refractivity contribution in [3.63, 3.8) is 0 Å². The van der Waals surface area contributed by atoms with Crippen LogP contribution in [0.15, 0.2) is 17.4 Å². The summed E-state index contributed by atoms with van der Waals surface area (Å²) in [5.41, 5.74) is 0. The Morgan fingerprint density at radius 3 is 3.33 bits per heavy atom. The Balaban J connectivity index is 2.64. The van der Waals surface area contributed by atoms with Gasteiger partial charge in [0.1, 0.15) is 0 Å². The molecule has 0 fully saturated rings. The van der Waals surface area contributed by atoms with Crippen LogP contribution in [0.25, 0.3) is 0 Å². The molecule has 0 N–H and O–H groups in total. The molecule has 1 aliphatic rings. The number of ketones is 1. The molecule has 0 aromatic heterocycles. The van der Waals surface area contributed by atoms with Crippen LogP contribution in [0.2, 0.25) is 0 Å². The molecule has 0 amide bonds. The first-order valence-electron chi connectivity index (χ1n) is 2.72. The Morgan fingerprint density at radius 2 is 2.56 bits per heavy atom. The van der Waals surface area contributed by atoms with E-state index in [1.807, 2.05) is 7.05 Å². The van der Waals surface area contributed by atoms with Crippen LogP contribution in [0.3, 0.4) is 0 Å². The fraction of sp³-hybridized carbons (Fsp3) is 0.333. The smallest absolute Gasteiger partial charge is 0.192 e. The molecule has 0 atom stereocenters. The second kappa shape index (κ2) is 2.44. The van der Waals surface area contributed by atoms with Gasteiger partial charge in [0, 0.05) is 19.4 Å². The summed E-state index contributed by atoms with van der Waals surface area (Å²) in [4.78, 5) is 16.2. The van der Waals surface area contributed by atoms with Gasteiger partial charge >= 0.3 is 0 Å².